The Labute approximate surface area is 148 Å². The second-order valence-electron chi connectivity index (χ2n) is 5.48. The number of aromatic hydroxyl groups is 1. The average Bonchev–Trinajstić information content (AvgIpc) is 2.67. The molecule has 1 amide bonds. The molecule has 0 aromatic carbocycles. The Bertz CT molecular complexity index is 730. The first-order valence-corrected chi connectivity index (χ1v) is 8.74. The Morgan fingerprint density at radius 2 is 1.92 bits per heavy atom. The summed E-state index contributed by atoms with van der Waals surface area (Å²) >= 11 is 1.34. The van der Waals surface area contributed by atoms with Gasteiger partial charge in [0.2, 0.25) is 5.91 Å². The average molecular weight is 359 g/mol. The van der Waals surface area contributed by atoms with Gasteiger partial charge >= 0.3 is 0 Å². The fourth-order valence-electron chi connectivity index (χ4n) is 2.49. The van der Waals surface area contributed by atoms with Crippen LogP contribution in [0.2, 0.25) is 0 Å². The van der Waals surface area contributed by atoms with Gasteiger partial charge in [-0.2, -0.15) is 0 Å². The lowest BCUT2D eigenvalue weighted by molar-refractivity contribution is -0.128. The Kier molecular flexibility index (Phi) is 5.44. The van der Waals surface area contributed by atoms with Crippen molar-refractivity contribution >= 4 is 29.2 Å². The van der Waals surface area contributed by atoms with E-state index in [0.717, 1.165) is 5.82 Å². The van der Waals surface area contributed by atoms with Crippen LogP contribution in [-0.4, -0.2) is 57.8 Å². The number of amides is 1. The summed E-state index contributed by atoms with van der Waals surface area (Å²) in [5.41, 5.74) is 0.273. The number of carbonyl (C=O) groups is 1. The van der Waals surface area contributed by atoms with Crippen LogP contribution in [0.25, 0.3) is 0 Å². The highest BCUT2D eigenvalue weighted by Gasteiger charge is 2.22. The van der Waals surface area contributed by atoms with E-state index >= 15 is 0 Å². The van der Waals surface area contributed by atoms with Crippen molar-refractivity contribution < 1.29 is 9.90 Å². The second kappa shape index (κ2) is 7.93. The van der Waals surface area contributed by atoms with E-state index in [1.807, 2.05) is 4.90 Å². The quantitative estimate of drug-likeness (QED) is 0.644. The molecule has 0 bridgehead atoms. The SMILES string of the molecule is O=Nc1ccc(SCC(=O)N2CCN(c3ccc(O)cn3)CC2)nc1. The minimum atomic E-state index is 0.0581. The largest absolute Gasteiger partial charge is 0.506 e. The van der Waals surface area contributed by atoms with E-state index in [9.17, 15) is 14.8 Å². The molecule has 0 spiro atoms. The highest BCUT2D eigenvalue weighted by atomic mass is 32.2. The molecule has 0 radical (unpaired) electrons. The van der Waals surface area contributed by atoms with Crippen LogP contribution in [0.3, 0.4) is 0 Å². The van der Waals surface area contributed by atoms with Crippen molar-refractivity contribution in [2.24, 2.45) is 5.18 Å². The summed E-state index contributed by atoms with van der Waals surface area (Å²) in [5, 5.41) is 12.8. The maximum Gasteiger partial charge on any atom is 0.233 e. The number of hydrogen-bond donors (Lipinski definition) is 1. The minimum absolute atomic E-state index is 0.0581. The van der Waals surface area contributed by atoms with Gasteiger partial charge in [0.25, 0.3) is 0 Å². The van der Waals surface area contributed by atoms with Crippen LogP contribution < -0.4 is 4.90 Å². The van der Waals surface area contributed by atoms with Gasteiger partial charge in [-0.05, 0) is 29.4 Å². The molecule has 130 valence electrons. The molecule has 9 heteroatoms. The Hall–Kier alpha value is -2.68. The van der Waals surface area contributed by atoms with E-state index < -0.39 is 0 Å². The predicted molar refractivity (Wildman–Crippen MR) is 95.1 cm³/mol. The predicted octanol–water partition coefficient (Wildman–Crippen LogP) is 2.02. The maximum atomic E-state index is 12.3. The van der Waals surface area contributed by atoms with Crippen LogP contribution in [0.1, 0.15) is 0 Å². The van der Waals surface area contributed by atoms with Crippen molar-refractivity contribution in [2.45, 2.75) is 5.03 Å². The number of nitrogens with zero attached hydrogens (tertiary/aromatic N) is 5. The second-order valence-corrected chi connectivity index (χ2v) is 6.47. The summed E-state index contributed by atoms with van der Waals surface area (Å²) in [5.74, 6) is 1.30. The lowest BCUT2D eigenvalue weighted by Crippen LogP contribution is -2.49. The van der Waals surface area contributed by atoms with Crippen LogP contribution >= 0.6 is 11.8 Å². The first-order valence-electron chi connectivity index (χ1n) is 7.75. The summed E-state index contributed by atoms with van der Waals surface area (Å²) < 4.78 is 0. The summed E-state index contributed by atoms with van der Waals surface area (Å²) in [7, 11) is 0. The van der Waals surface area contributed by atoms with Gasteiger partial charge in [-0.15, -0.1) is 4.91 Å². The number of carbonyl (C=O) groups excluding carboxylic acids is 1. The molecule has 0 unspecified atom stereocenters. The zero-order chi connectivity index (χ0) is 17.6. The first-order chi connectivity index (χ1) is 12.2. The molecule has 1 saturated heterocycles. The van der Waals surface area contributed by atoms with E-state index in [4.69, 9.17) is 0 Å². The van der Waals surface area contributed by atoms with Gasteiger partial charge in [0.05, 0.1) is 23.2 Å². The molecule has 1 fully saturated rings. The number of pyridine rings is 2. The molecular weight excluding hydrogens is 342 g/mol. The molecular formula is C16H17N5O3S. The lowest BCUT2D eigenvalue weighted by Gasteiger charge is -2.35. The van der Waals surface area contributed by atoms with Gasteiger partial charge in [0.15, 0.2) is 0 Å². The van der Waals surface area contributed by atoms with Crippen molar-refractivity contribution in [1.82, 2.24) is 14.9 Å². The number of anilines is 1. The normalized spacial score (nSPS) is 14.4. The molecule has 0 atom stereocenters. The monoisotopic (exact) mass is 359 g/mol. The molecule has 3 heterocycles. The van der Waals surface area contributed by atoms with Crippen LogP contribution in [0, 0.1) is 4.91 Å². The maximum absolute atomic E-state index is 12.3. The summed E-state index contributed by atoms with van der Waals surface area (Å²) in [6.07, 6.45) is 2.81. The standard InChI is InChI=1S/C16H17N5O3S/c22-13-2-3-14(17-10-13)20-5-7-21(8-6-20)16(23)11-25-15-4-1-12(19-24)9-18-15/h1-4,9-10,22H,5-8,11H2. The van der Waals surface area contributed by atoms with Crippen molar-refractivity contribution in [3.63, 3.8) is 0 Å². The zero-order valence-electron chi connectivity index (χ0n) is 13.4. The molecule has 2 aromatic rings. The molecule has 25 heavy (non-hydrogen) atoms. The molecule has 1 aliphatic rings. The van der Waals surface area contributed by atoms with Gasteiger partial charge in [-0.3, -0.25) is 4.79 Å². The van der Waals surface area contributed by atoms with Crippen molar-refractivity contribution in [3.8, 4) is 5.75 Å². The molecule has 3 rings (SSSR count). The van der Waals surface area contributed by atoms with Crippen LogP contribution in [-0.2, 0) is 4.79 Å². The fraction of sp³-hybridized carbons (Fsp3) is 0.312. The van der Waals surface area contributed by atoms with Gasteiger partial charge in [0, 0.05) is 26.2 Å². The van der Waals surface area contributed by atoms with Crippen LogP contribution in [0.4, 0.5) is 11.5 Å². The number of hydrogen-bond acceptors (Lipinski definition) is 8. The van der Waals surface area contributed by atoms with E-state index in [2.05, 4.69) is 20.0 Å². The van der Waals surface area contributed by atoms with Gasteiger partial charge < -0.3 is 14.9 Å². The minimum Gasteiger partial charge on any atom is -0.506 e. The van der Waals surface area contributed by atoms with Crippen molar-refractivity contribution in [2.75, 3.05) is 36.8 Å². The molecule has 0 saturated carbocycles. The Morgan fingerprint density at radius 3 is 2.52 bits per heavy atom. The zero-order valence-corrected chi connectivity index (χ0v) is 14.2. The van der Waals surface area contributed by atoms with Crippen molar-refractivity contribution in [1.29, 1.82) is 0 Å². The van der Waals surface area contributed by atoms with Gasteiger partial charge in [0.1, 0.15) is 17.3 Å². The number of thioether (sulfide) groups is 1. The molecule has 1 aliphatic heterocycles. The summed E-state index contributed by atoms with van der Waals surface area (Å²) in [6, 6.07) is 6.64. The highest BCUT2D eigenvalue weighted by molar-refractivity contribution is 7.99. The Balaban J connectivity index is 1.47. The van der Waals surface area contributed by atoms with Crippen LogP contribution in [0.5, 0.6) is 5.75 Å². The Morgan fingerprint density at radius 1 is 1.12 bits per heavy atom. The number of nitroso groups, excluding NO2 is 1. The third-order valence-corrected chi connectivity index (χ3v) is 4.79. The number of aromatic nitrogens is 2. The van der Waals surface area contributed by atoms with Crippen molar-refractivity contribution in [3.05, 3.63) is 41.6 Å². The third kappa shape index (κ3) is 4.44. The lowest BCUT2D eigenvalue weighted by atomic mass is 10.3. The van der Waals surface area contributed by atoms with E-state index in [1.165, 1.54) is 24.2 Å². The number of rotatable bonds is 5. The molecule has 8 nitrogen and oxygen atoms in total. The molecule has 1 N–H and O–H groups in total. The number of piperazine rings is 1. The van der Waals surface area contributed by atoms with Crippen LogP contribution in [0.15, 0.2) is 46.9 Å². The van der Waals surface area contributed by atoms with E-state index in [1.54, 1.807) is 24.3 Å². The fourth-order valence-corrected chi connectivity index (χ4v) is 3.23. The van der Waals surface area contributed by atoms with E-state index in [-0.39, 0.29) is 17.3 Å². The summed E-state index contributed by atoms with van der Waals surface area (Å²) in [6.45, 7) is 2.66. The molecule has 2 aromatic heterocycles. The summed E-state index contributed by atoms with van der Waals surface area (Å²) in [4.78, 5) is 34.9. The van der Waals surface area contributed by atoms with Gasteiger partial charge in [-0.1, -0.05) is 11.8 Å². The topological polar surface area (TPSA) is 99.0 Å². The highest BCUT2D eigenvalue weighted by Crippen LogP contribution is 2.20. The molecule has 0 aliphatic carbocycles. The third-order valence-electron chi connectivity index (χ3n) is 3.86. The first kappa shape index (κ1) is 17.2. The van der Waals surface area contributed by atoms with E-state index in [0.29, 0.717) is 37.0 Å². The van der Waals surface area contributed by atoms with Gasteiger partial charge in [-0.25, -0.2) is 9.97 Å². The smallest absolute Gasteiger partial charge is 0.233 e.